The molecular weight excluding hydrogens is 302 g/mol. The molecule has 0 bridgehead atoms. The summed E-state index contributed by atoms with van der Waals surface area (Å²) < 4.78 is 0. The SMILES string of the molecule is Clc1cccc(-c2nnc(-c3ccc4[nH]ccc4c3)s2)c1. The maximum Gasteiger partial charge on any atom is 0.148 e. The van der Waals surface area contributed by atoms with Crippen molar-refractivity contribution in [3.05, 3.63) is 59.8 Å². The van der Waals surface area contributed by atoms with Crippen LogP contribution >= 0.6 is 22.9 Å². The van der Waals surface area contributed by atoms with Gasteiger partial charge in [0.1, 0.15) is 10.0 Å². The maximum atomic E-state index is 6.02. The molecule has 2 aromatic heterocycles. The van der Waals surface area contributed by atoms with E-state index in [1.807, 2.05) is 30.5 Å². The number of aromatic nitrogens is 3. The molecule has 5 heteroatoms. The lowest BCUT2D eigenvalue weighted by atomic mass is 10.2. The number of rotatable bonds is 2. The Morgan fingerprint density at radius 2 is 1.71 bits per heavy atom. The van der Waals surface area contributed by atoms with Gasteiger partial charge in [-0.05, 0) is 36.4 Å². The molecule has 1 N–H and O–H groups in total. The standard InChI is InChI=1S/C16H10ClN3S/c17-13-3-1-2-11(9-13)15-19-20-16(21-15)12-4-5-14-10(8-12)6-7-18-14/h1-9,18H. The second-order valence-corrected chi connectivity index (χ2v) is 6.12. The lowest BCUT2D eigenvalue weighted by Gasteiger charge is -1.96. The molecule has 4 rings (SSSR count). The van der Waals surface area contributed by atoms with Crippen LogP contribution in [0.2, 0.25) is 5.02 Å². The van der Waals surface area contributed by atoms with E-state index in [-0.39, 0.29) is 0 Å². The Bertz CT molecular complexity index is 926. The number of H-pyrrole nitrogens is 1. The molecule has 0 fully saturated rings. The van der Waals surface area contributed by atoms with Crippen molar-refractivity contribution in [1.29, 1.82) is 0 Å². The summed E-state index contributed by atoms with van der Waals surface area (Å²) in [6.07, 6.45) is 1.94. The highest BCUT2D eigenvalue weighted by atomic mass is 35.5. The van der Waals surface area contributed by atoms with Gasteiger partial charge in [0.05, 0.1) is 0 Å². The van der Waals surface area contributed by atoms with Gasteiger partial charge in [-0.15, -0.1) is 10.2 Å². The molecule has 0 amide bonds. The fourth-order valence-electron chi connectivity index (χ4n) is 2.26. The number of fused-ring (bicyclic) bond motifs is 1. The highest BCUT2D eigenvalue weighted by molar-refractivity contribution is 7.17. The summed E-state index contributed by atoms with van der Waals surface area (Å²) in [6, 6.07) is 16.0. The van der Waals surface area contributed by atoms with E-state index in [1.165, 1.54) is 5.39 Å². The van der Waals surface area contributed by atoms with Crippen molar-refractivity contribution in [2.24, 2.45) is 0 Å². The lowest BCUT2D eigenvalue weighted by molar-refractivity contribution is 1.10. The summed E-state index contributed by atoms with van der Waals surface area (Å²) in [6.45, 7) is 0. The minimum Gasteiger partial charge on any atom is -0.361 e. The van der Waals surface area contributed by atoms with Gasteiger partial charge in [-0.1, -0.05) is 35.1 Å². The van der Waals surface area contributed by atoms with Gasteiger partial charge in [-0.3, -0.25) is 0 Å². The third-order valence-corrected chi connectivity index (χ3v) is 4.55. The van der Waals surface area contributed by atoms with Crippen LogP contribution in [0.4, 0.5) is 0 Å². The Morgan fingerprint density at radius 1 is 0.905 bits per heavy atom. The normalized spacial score (nSPS) is 11.1. The topological polar surface area (TPSA) is 41.6 Å². The molecule has 0 spiro atoms. The van der Waals surface area contributed by atoms with Gasteiger partial charge in [-0.2, -0.15) is 0 Å². The molecule has 0 atom stereocenters. The smallest absolute Gasteiger partial charge is 0.148 e. The van der Waals surface area contributed by atoms with Crippen molar-refractivity contribution in [2.75, 3.05) is 0 Å². The van der Waals surface area contributed by atoms with Crippen molar-refractivity contribution in [3.8, 4) is 21.1 Å². The predicted molar refractivity (Wildman–Crippen MR) is 87.6 cm³/mol. The van der Waals surface area contributed by atoms with Crippen LogP contribution in [0.15, 0.2) is 54.7 Å². The van der Waals surface area contributed by atoms with Gasteiger partial charge >= 0.3 is 0 Å². The number of halogens is 1. The molecule has 21 heavy (non-hydrogen) atoms. The summed E-state index contributed by atoms with van der Waals surface area (Å²) in [5.74, 6) is 0. The molecule has 2 heterocycles. The molecule has 0 saturated carbocycles. The molecule has 0 aliphatic rings. The molecule has 0 aliphatic heterocycles. The van der Waals surface area contributed by atoms with E-state index in [9.17, 15) is 0 Å². The Kier molecular flexibility index (Phi) is 2.98. The highest BCUT2D eigenvalue weighted by Crippen LogP contribution is 2.32. The molecule has 2 aromatic carbocycles. The highest BCUT2D eigenvalue weighted by Gasteiger charge is 2.09. The van der Waals surface area contributed by atoms with Crippen molar-refractivity contribution < 1.29 is 0 Å². The first kappa shape index (κ1) is 12.6. The van der Waals surface area contributed by atoms with Crippen molar-refractivity contribution >= 4 is 33.8 Å². The van der Waals surface area contributed by atoms with Crippen LogP contribution in [0.25, 0.3) is 32.0 Å². The average molecular weight is 312 g/mol. The van der Waals surface area contributed by atoms with Crippen molar-refractivity contribution in [1.82, 2.24) is 15.2 Å². The van der Waals surface area contributed by atoms with E-state index in [0.29, 0.717) is 5.02 Å². The van der Waals surface area contributed by atoms with E-state index < -0.39 is 0 Å². The summed E-state index contributed by atoms with van der Waals surface area (Å²) in [5.41, 5.74) is 3.19. The third kappa shape index (κ3) is 2.33. The zero-order valence-electron chi connectivity index (χ0n) is 10.9. The van der Waals surface area contributed by atoms with E-state index in [0.717, 1.165) is 26.7 Å². The quantitative estimate of drug-likeness (QED) is 0.565. The second-order valence-electron chi connectivity index (χ2n) is 4.70. The molecule has 0 saturated heterocycles. The molecule has 3 nitrogen and oxygen atoms in total. The van der Waals surface area contributed by atoms with Gasteiger partial charge in [-0.25, -0.2) is 0 Å². The van der Waals surface area contributed by atoms with Crippen LogP contribution in [0.1, 0.15) is 0 Å². The van der Waals surface area contributed by atoms with Gasteiger partial charge < -0.3 is 4.98 Å². The molecule has 102 valence electrons. The lowest BCUT2D eigenvalue weighted by Crippen LogP contribution is -1.77. The monoisotopic (exact) mass is 311 g/mol. The Morgan fingerprint density at radius 3 is 2.52 bits per heavy atom. The summed E-state index contributed by atoms with van der Waals surface area (Å²) in [7, 11) is 0. The summed E-state index contributed by atoms with van der Waals surface area (Å²) in [4.78, 5) is 3.19. The Labute approximate surface area is 130 Å². The number of benzene rings is 2. The first-order valence-corrected chi connectivity index (χ1v) is 7.66. The van der Waals surface area contributed by atoms with Gasteiger partial charge in [0.15, 0.2) is 0 Å². The third-order valence-electron chi connectivity index (χ3n) is 3.30. The van der Waals surface area contributed by atoms with Crippen LogP contribution in [0, 0.1) is 0 Å². The van der Waals surface area contributed by atoms with E-state index >= 15 is 0 Å². The van der Waals surface area contributed by atoms with E-state index in [2.05, 4.69) is 39.4 Å². The first-order chi connectivity index (χ1) is 10.3. The first-order valence-electron chi connectivity index (χ1n) is 6.46. The largest absolute Gasteiger partial charge is 0.361 e. The van der Waals surface area contributed by atoms with Gasteiger partial charge in [0.25, 0.3) is 0 Å². The Hall–Kier alpha value is -2.17. The van der Waals surface area contributed by atoms with Gasteiger partial charge in [0.2, 0.25) is 0 Å². The average Bonchev–Trinajstić information content (AvgIpc) is 3.15. The van der Waals surface area contributed by atoms with Crippen molar-refractivity contribution in [3.63, 3.8) is 0 Å². The number of hydrogen-bond donors (Lipinski definition) is 1. The van der Waals surface area contributed by atoms with Crippen molar-refractivity contribution in [2.45, 2.75) is 0 Å². The minimum atomic E-state index is 0.706. The zero-order valence-corrected chi connectivity index (χ0v) is 12.4. The van der Waals surface area contributed by atoms with Crippen LogP contribution in [0.3, 0.4) is 0 Å². The van der Waals surface area contributed by atoms with E-state index in [4.69, 9.17) is 11.6 Å². The molecule has 0 aliphatic carbocycles. The molecular formula is C16H10ClN3S. The second kappa shape index (κ2) is 4.98. The minimum absolute atomic E-state index is 0.706. The number of nitrogens with one attached hydrogen (secondary N) is 1. The molecule has 0 unspecified atom stereocenters. The molecule has 0 radical (unpaired) electrons. The predicted octanol–water partition coefficient (Wildman–Crippen LogP) is 5.01. The summed E-state index contributed by atoms with van der Waals surface area (Å²) in [5, 5.41) is 12.2. The zero-order chi connectivity index (χ0) is 14.2. The van der Waals surface area contributed by atoms with Crippen LogP contribution in [0.5, 0.6) is 0 Å². The van der Waals surface area contributed by atoms with Crippen LogP contribution in [-0.4, -0.2) is 15.2 Å². The maximum absolute atomic E-state index is 6.02. The fraction of sp³-hybridized carbons (Fsp3) is 0. The molecule has 4 aromatic rings. The van der Waals surface area contributed by atoms with Crippen LogP contribution in [-0.2, 0) is 0 Å². The van der Waals surface area contributed by atoms with Gasteiger partial charge in [0, 0.05) is 33.2 Å². The number of hydrogen-bond acceptors (Lipinski definition) is 3. The number of nitrogens with zero attached hydrogens (tertiary/aromatic N) is 2. The number of aromatic amines is 1. The Balaban J connectivity index is 1.76. The summed E-state index contributed by atoms with van der Waals surface area (Å²) >= 11 is 7.59. The van der Waals surface area contributed by atoms with E-state index in [1.54, 1.807) is 11.3 Å². The van der Waals surface area contributed by atoms with Crippen LogP contribution < -0.4 is 0 Å². The fourth-order valence-corrected chi connectivity index (χ4v) is 3.29.